The van der Waals surface area contributed by atoms with Crippen molar-refractivity contribution < 1.29 is 4.21 Å². The predicted molar refractivity (Wildman–Crippen MR) is 81.4 cm³/mol. The Balaban J connectivity index is 1.68. The van der Waals surface area contributed by atoms with Crippen molar-refractivity contribution in [2.45, 2.75) is 38.8 Å². The van der Waals surface area contributed by atoms with Crippen molar-refractivity contribution in [3.05, 3.63) is 10.6 Å². The zero-order chi connectivity index (χ0) is 13.2. The van der Waals surface area contributed by atoms with Crippen molar-refractivity contribution in [1.29, 1.82) is 0 Å². The van der Waals surface area contributed by atoms with E-state index in [4.69, 9.17) is 4.98 Å². The van der Waals surface area contributed by atoms with Gasteiger partial charge in [0, 0.05) is 52.9 Å². The maximum atomic E-state index is 11.4. The fourth-order valence-corrected chi connectivity index (χ4v) is 4.48. The molecule has 0 bridgehead atoms. The van der Waals surface area contributed by atoms with Crippen LogP contribution in [0.2, 0.25) is 0 Å². The Bertz CT molecular complexity index is 460. The lowest BCUT2D eigenvalue weighted by Gasteiger charge is -2.25. The van der Waals surface area contributed by atoms with E-state index >= 15 is 0 Å². The molecule has 0 amide bonds. The van der Waals surface area contributed by atoms with Crippen molar-refractivity contribution in [2.24, 2.45) is 0 Å². The van der Waals surface area contributed by atoms with Crippen LogP contribution in [0.1, 0.15) is 30.3 Å². The highest BCUT2D eigenvalue weighted by molar-refractivity contribution is 7.85. The lowest BCUT2D eigenvalue weighted by molar-refractivity contribution is 0.673. The third-order valence-corrected chi connectivity index (χ3v) is 6.11. The molecule has 1 aromatic heterocycles. The lowest BCUT2D eigenvalue weighted by Crippen LogP contribution is -2.37. The number of nitrogens with one attached hydrogen (secondary N) is 1. The second-order valence-electron chi connectivity index (χ2n) is 5.21. The molecular formula is C13H21N3OS2. The van der Waals surface area contributed by atoms with Crippen LogP contribution in [0, 0.1) is 0 Å². The maximum absolute atomic E-state index is 11.4. The molecule has 1 saturated heterocycles. The summed E-state index contributed by atoms with van der Waals surface area (Å²) in [6.07, 6.45) is 3.65. The van der Waals surface area contributed by atoms with E-state index in [-0.39, 0.29) is 0 Å². The molecule has 1 N–H and O–H groups in total. The molecular weight excluding hydrogens is 278 g/mol. The average molecular weight is 299 g/mol. The molecule has 19 heavy (non-hydrogen) atoms. The Kier molecular flexibility index (Phi) is 4.19. The maximum Gasteiger partial charge on any atom is 0.185 e. The molecule has 106 valence electrons. The molecule has 4 nitrogen and oxygen atoms in total. The standard InChI is InChI=1S/C13H21N3OS2/c1-2-11-12(9-14-10-3-4-10)18-13(15-11)16-5-7-19(17)8-6-16/h10,14H,2-9H2,1H3. The monoisotopic (exact) mass is 299 g/mol. The van der Waals surface area contributed by atoms with E-state index in [1.54, 1.807) is 0 Å². The van der Waals surface area contributed by atoms with Gasteiger partial charge in [0.05, 0.1) is 5.69 Å². The van der Waals surface area contributed by atoms with Gasteiger partial charge >= 0.3 is 0 Å². The Morgan fingerprint density at radius 2 is 2.16 bits per heavy atom. The van der Waals surface area contributed by atoms with Crippen LogP contribution in [0.15, 0.2) is 0 Å². The summed E-state index contributed by atoms with van der Waals surface area (Å²) < 4.78 is 11.4. The van der Waals surface area contributed by atoms with Gasteiger partial charge in [0.2, 0.25) is 0 Å². The van der Waals surface area contributed by atoms with Gasteiger partial charge in [0.15, 0.2) is 5.13 Å². The smallest absolute Gasteiger partial charge is 0.185 e. The molecule has 1 aliphatic heterocycles. The molecule has 1 aromatic rings. The van der Waals surface area contributed by atoms with Crippen LogP contribution in [0.3, 0.4) is 0 Å². The predicted octanol–water partition coefficient (Wildman–Crippen LogP) is 1.53. The highest BCUT2D eigenvalue weighted by Gasteiger charge is 2.23. The molecule has 0 atom stereocenters. The zero-order valence-electron chi connectivity index (χ0n) is 11.4. The summed E-state index contributed by atoms with van der Waals surface area (Å²) in [6.45, 7) is 4.91. The van der Waals surface area contributed by atoms with Crippen molar-refractivity contribution >= 4 is 27.3 Å². The van der Waals surface area contributed by atoms with Crippen molar-refractivity contribution in [1.82, 2.24) is 10.3 Å². The third kappa shape index (κ3) is 3.35. The molecule has 2 aliphatic rings. The summed E-state index contributed by atoms with van der Waals surface area (Å²) in [4.78, 5) is 8.46. The first-order chi connectivity index (χ1) is 9.26. The Morgan fingerprint density at radius 1 is 1.42 bits per heavy atom. The largest absolute Gasteiger partial charge is 0.346 e. The Labute approximate surface area is 121 Å². The van der Waals surface area contributed by atoms with Gasteiger partial charge in [-0.15, -0.1) is 11.3 Å². The molecule has 2 fully saturated rings. The van der Waals surface area contributed by atoms with Crippen LogP contribution in [0.4, 0.5) is 5.13 Å². The van der Waals surface area contributed by atoms with Gasteiger partial charge in [-0.1, -0.05) is 6.92 Å². The minimum Gasteiger partial charge on any atom is -0.346 e. The highest BCUT2D eigenvalue weighted by Crippen LogP contribution is 2.29. The first kappa shape index (κ1) is 13.5. The number of hydrogen-bond acceptors (Lipinski definition) is 5. The number of nitrogens with zero attached hydrogens (tertiary/aromatic N) is 2. The van der Waals surface area contributed by atoms with Crippen molar-refractivity contribution in [2.75, 3.05) is 29.5 Å². The van der Waals surface area contributed by atoms with Crippen LogP contribution in [-0.2, 0) is 23.8 Å². The first-order valence-electron chi connectivity index (χ1n) is 7.08. The quantitative estimate of drug-likeness (QED) is 0.895. The third-order valence-electron chi connectivity index (χ3n) is 3.68. The highest BCUT2D eigenvalue weighted by atomic mass is 32.2. The SMILES string of the molecule is CCc1nc(N2CCS(=O)CC2)sc1CNC1CC1. The molecule has 0 spiro atoms. The zero-order valence-corrected chi connectivity index (χ0v) is 13.0. The minimum atomic E-state index is -0.613. The fraction of sp³-hybridized carbons (Fsp3) is 0.769. The van der Waals surface area contributed by atoms with Gasteiger partial charge in [-0.25, -0.2) is 4.98 Å². The van der Waals surface area contributed by atoms with E-state index in [0.29, 0.717) is 0 Å². The van der Waals surface area contributed by atoms with Crippen LogP contribution < -0.4 is 10.2 Å². The van der Waals surface area contributed by atoms with Crippen LogP contribution in [0.5, 0.6) is 0 Å². The number of rotatable bonds is 5. The van der Waals surface area contributed by atoms with Crippen LogP contribution >= 0.6 is 11.3 Å². The second-order valence-corrected chi connectivity index (χ2v) is 7.97. The molecule has 0 unspecified atom stereocenters. The number of thiazole rings is 1. The van der Waals surface area contributed by atoms with E-state index in [1.165, 1.54) is 23.4 Å². The molecule has 3 rings (SSSR count). The fourth-order valence-electron chi connectivity index (χ4n) is 2.27. The normalized spacial score (nSPS) is 21.0. The average Bonchev–Trinajstić information content (AvgIpc) is 3.16. The Morgan fingerprint density at radius 3 is 2.79 bits per heavy atom. The van der Waals surface area contributed by atoms with Gasteiger partial charge < -0.3 is 10.2 Å². The van der Waals surface area contributed by atoms with Gasteiger partial charge in [0.25, 0.3) is 0 Å². The summed E-state index contributed by atoms with van der Waals surface area (Å²) in [7, 11) is -0.613. The summed E-state index contributed by atoms with van der Waals surface area (Å²) in [5.74, 6) is 1.58. The number of aryl methyl sites for hydroxylation is 1. The van der Waals surface area contributed by atoms with E-state index in [2.05, 4.69) is 17.1 Å². The van der Waals surface area contributed by atoms with Gasteiger partial charge in [-0.05, 0) is 19.3 Å². The number of hydrogen-bond donors (Lipinski definition) is 1. The molecule has 6 heteroatoms. The van der Waals surface area contributed by atoms with Gasteiger partial charge in [-0.3, -0.25) is 4.21 Å². The summed E-state index contributed by atoms with van der Waals surface area (Å²) >= 11 is 1.81. The molecule has 1 aliphatic carbocycles. The van der Waals surface area contributed by atoms with Crippen molar-refractivity contribution in [3.8, 4) is 0 Å². The molecule has 0 radical (unpaired) electrons. The van der Waals surface area contributed by atoms with E-state index in [0.717, 1.165) is 48.7 Å². The molecule has 2 heterocycles. The minimum absolute atomic E-state index is 0.613. The van der Waals surface area contributed by atoms with Gasteiger partial charge in [0.1, 0.15) is 0 Å². The van der Waals surface area contributed by atoms with Crippen LogP contribution in [-0.4, -0.2) is 39.8 Å². The summed E-state index contributed by atoms with van der Waals surface area (Å²) in [5, 5.41) is 4.70. The molecule has 0 aromatic carbocycles. The van der Waals surface area contributed by atoms with Crippen LogP contribution in [0.25, 0.3) is 0 Å². The molecule has 1 saturated carbocycles. The Hall–Kier alpha value is -0.460. The summed E-state index contributed by atoms with van der Waals surface area (Å²) in [5.41, 5.74) is 1.24. The van der Waals surface area contributed by atoms with E-state index in [1.807, 2.05) is 11.3 Å². The summed E-state index contributed by atoms with van der Waals surface area (Å²) in [6, 6.07) is 0.743. The second kappa shape index (κ2) is 5.89. The lowest BCUT2D eigenvalue weighted by atomic mass is 10.3. The van der Waals surface area contributed by atoms with Gasteiger partial charge in [-0.2, -0.15) is 0 Å². The first-order valence-corrected chi connectivity index (χ1v) is 9.38. The van der Waals surface area contributed by atoms with E-state index < -0.39 is 10.8 Å². The topological polar surface area (TPSA) is 45.2 Å². The van der Waals surface area contributed by atoms with Crippen molar-refractivity contribution in [3.63, 3.8) is 0 Å². The number of aromatic nitrogens is 1. The number of anilines is 1. The van der Waals surface area contributed by atoms with E-state index in [9.17, 15) is 4.21 Å².